The van der Waals surface area contributed by atoms with E-state index in [0.717, 1.165) is 24.8 Å². The van der Waals surface area contributed by atoms with Crippen LogP contribution in [-0.4, -0.2) is 17.0 Å². The number of rotatable bonds is 5. The number of aryl methyl sites for hydroxylation is 1. The van der Waals surface area contributed by atoms with E-state index in [1.165, 1.54) is 0 Å². The molecule has 0 atom stereocenters. The van der Waals surface area contributed by atoms with Crippen molar-refractivity contribution in [3.05, 3.63) is 46.2 Å². The fraction of sp³-hybridized carbons (Fsp3) is 0.375. The third kappa shape index (κ3) is 2.90. The van der Waals surface area contributed by atoms with Gasteiger partial charge >= 0.3 is 0 Å². The minimum absolute atomic E-state index is 0.202. The molecule has 0 unspecified atom stereocenters. The van der Waals surface area contributed by atoms with E-state index in [1.807, 2.05) is 29.8 Å². The Morgan fingerprint density at radius 3 is 2.75 bits per heavy atom. The van der Waals surface area contributed by atoms with Gasteiger partial charge in [0.25, 0.3) is 5.91 Å². The van der Waals surface area contributed by atoms with Crippen LogP contribution in [0.1, 0.15) is 36.5 Å². The molecule has 1 aromatic carbocycles. The zero-order valence-corrected chi connectivity index (χ0v) is 12.0. The highest BCUT2D eigenvalue weighted by Gasteiger charge is 2.13. The van der Waals surface area contributed by atoms with E-state index in [1.54, 1.807) is 12.3 Å². The van der Waals surface area contributed by atoms with Gasteiger partial charge in [-0.3, -0.25) is 9.59 Å². The quantitative estimate of drug-likeness (QED) is 0.850. The highest BCUT2D eigenvalue weighted by molar-refractivity contribution is 5.97. The average Bonchev–Trinajstić information content (AvgIpc) is 2.47. The highest BCUT2D eigenvalue weighted by atomic mass is 16.2. The number of carbonyl (C=O) groups is 1. The van der Waals surface area contributed by atoms with Gasteiger partial charge in [0.1, 0.15) is 5.56 Å². The number of carbonyl (C=O) groups excluding carboxylic acids is 1. The first-order valence-electron chi connectivity index (χ1n) is 7.01. The van der Waals surface area contributed by atoms with Crippen LogP contribution in [0.5, 0.6) is 0 Å². The van der Waals surface area contributed by atoms with Gasteiger partial charge in [-0.25, -0.2) is 0 Å². The standard InChI is InChI=1S/C16H20N2O2/c1-3-4-7-10-17-16(20)13-11-18(2)14-9-6-5-8-12(14)15(13)19/h5-6,8-9,11H,3-4,7,10H2,1-2H3,(H,17,20). The monoisotopic (exact) mass is 272 g/mol. The van der Waals surface area contributed by atoms with Crippen molar-refractivity contribution in [2.24, 2.45) is 7.05 Å². The van der Waals surface area contributed by atoms with Crippen LogP contribution in [0.3, 0.4) is 0 Å². The Morgan fingerprint density at radius 2 is 2.00 bits per heavy atom. The topological polar surface area (TPSA) is 51.1 Å². The third-order valence-corrected chi connectivity index (χ3v) is 3.41. The van der Waals surface area contributed by atoms with Crippen molar-refractivity contribution in [2.75, 3.05) is 6.54 Å². The third-order valence-electron chi connectivity index (χ3n) is 3.41. The lowest BCUT2D eigenvalue weighted by Crippen LogP contribution is -2.30. The summed E-state index contributed by atoms with van der Waals surface area (Å²) in [7, 11) is 1.84. The van der Waals surface area contributed by atoms with E-state index < -0.39 is 0 Å². The largest absolute Gasteiger partial charge is 0.352 e. The molecule has 0 aliphatic rings. The Hall–Kier alpha value is -2.10. The maximum Gasteiger partial charge on any atom is 0.256 e. The molecule has 0 spiro atoms. The van der Waals surface area contributed by atoms with Crippen LogP contribution in [0.15, 0.2) is 35.3 Å². The highest BCUT2D eigenvalue weighted by Crippen LogP contribution is 2.10. The summed E-state index contributed by atoms with van der Waals surface area (Å²) in [6.45, 7) is 2.73. The lowest BCUT2D eigenvalue weighted by molar-refractivity contribution is 0.0951. The molecule has 106 valence electrons. The number of hydrogen-bond donors (Lipinski definition) is 1. The van der Waals surface area contributed by atoms with Crippen molar-refractivity contribution in [3.63, 3.8) is 0 Å². The van der Waals surface area contributed by atoms with Crippen LogP contribution >= 0.6 is 0 Å². The van der Waals surface area contributed by atoms with E-state index in [0.29, 0.717) is 11.9 Å². The molecule has 4 nitrogen and oxygen atoms in total. The Morgan fingerprint density at radius 1 is 1.25 bits per heavy atom. The van der Waals surface area contributed by atoms with Crippen molar-refractivity contribution in [1.82, 2.24) is 9.88 Å². The number of benzene rings is 1. The summed E-state index contributed by atoms with van der Waals surface area (Å²) in [5.74, 6) is -0.285. The molecule has 20 heavy (non-hydrogen) atoms. The van der Waals surface area contributed by atoms with Gasteiger partial charge in [0, 0.05) is 25.2 Å². The maximum atomic E-state index is 12.3. The first-order valence-corrected chi connectivity index (χ1v) is 7.01. The predicted octanol–water partition coefficient (Wildman–Crippen LogP) is 2.46. The van der Waals surface area contributed by atoms with E-state index in [4.69, 9.17) is 0 Å². The van der Waals surface area contributed by atoms with E-state index in [2.05, 4.69) is 12.2 Å². The minimum atomic E-state index is -0.285. The van der Waals surface area contributed by atoms with Gasteiger partial charge in [0.15, 0.2) is 0 Å². The zero-order valence-electron chi connectivity index (χ0n) is 12.0. The van der Waals surface area contributed by atoms with Gasteiger partial charge in [-0.15, -0.1) is 0 Å². The number of hydrogen-bond acceptors (Lipinski definition) is 2. The molecule has 0 saturated carbocycles. The van der Waals surface area contributed by atoms with Crippen molar-refractivity contribution >= 4 is 16.8 Å². The molecule has 4 heteroatoms. The summed E-state index contributed by atoms with van der Waals surface area (Å²) >= 11 is 0. The summed E-state index contributed by atoms with van der Waals surface area (Å²) in [6.07, 6.45) is 4.74. The molecule has 2 aromatic rings. The van der Waals surface area contributed by atoms with E-state index in [-0.39, 0.29) is 16.9 Å². The van der Waals surface area contributed by atoms with Crippen LogP contribution in [0.2, 0.25) is 0 Å². The molecule has 0 aliphatic heterocycles. The molecule has 1 amide bonds. The van der Waals surface area contributed by atoms with Crippen LogP contribution in [0.25, 0.3) is 10.9 Å². The smallest absolute Gasteiger partial charge is 0.256 e. The van der Waals surface area contributed by atoms with Gasteiger partial charge < -0.3 is 9.88 Å². The van der Waals surface area contributed by atoms with Crippen LogP contribution in [0, 0.1) is 0 Å². The Kier molecular flexibility index (Phi) is 4.56. The fourth-order valence-electron chi connectivity index (χ4n) is 2.27. The summed E-state index contributed by atoms with van der Waals surface area (Å²) in [5.41, 5.74) is 0.842. The molecule has 2 rings (SSSR count). The molecular weight excluding hydrogens is 252 g/mol. The number of nitrogens with one attached hydrogen (secondary N) is 1. The lowest BCUT2D eigenvalue weighted by Gasteiger charge is -2.09. The second-order valence-corrected chi connectivity index (χ2v) is 4.96. The van der Waals surface area contributed by atoms with Crippen molar-refractivity contribution in [3.8, 4) is 0 Å². The number of para-hydroxylation sites is 1. The number of fused-ring (bicyclic) bond motifs is 1. The fourth-order valence-corrected chi connectivity index (χ4v) is 2.27. The molecule has 0 aliphatic carbocycles. The van der Waals surface area contributed by atoms with Gasteiger partial charge in [-0.2, -0.15) is 0 Å². The SMILES string of the molecule is CCCCCNC(=O)c1cn(C)c2ccccc2c1=O. The summed E-state index contributed by atoms with van der Waals surface area (Å²) in [5, 5.41) is 3.39. The van der Waals surface area contributed by atoms with Gasteiger partial charge in [0.05, 0.1) is 5.52 Å². The molecule has 0 fully saturated rings. The average molecular weight is 272 g/mol. The van der Waals surface area contributed by atoms with Crippen LogP contribution in [-0.2, 0) is 7.05 Å². The Balaban J connectivity index is 2.28. The number of nitrogens with zero attached hydrogens (tertiary/aromatic N) is 1. The first kappa shape index (κ1) is 14.3. The van der Waals surface area contributed by atoms with E-state index in [9.17, 15) is 9.59 Å². The minimum Gasteiger partial charge on any atom is -0.352 e. The Bertz CT molecular complexity index is 674. The van der Waals surface area contributed by atoms with Gasteiger partial charge in [-0.05, 0) is 18.6 Å². The summed E-state index contributed by atoms with van der Waals surface area (Å²) < 4.78 is 1.82. The molecule has 0 bridgehead atoms. The second-order valence-electron chi connectivity index (χ2n) is 4.96. The molecule has 1 aromatic heterocycles. The second kappa shape index (κ2) is 6.37. The van der Waals surface area contributed by atoms with Crippen molar-refractivity contribution in [1.29, 1.82) is 0 Å². The maximum absolute atomic E-state index is 12.3. The van der Waals surface area contributed by atoms with Gasteiger partial charge in [0.2, 0.25) is 5.43 Å². The van der Waals surface area contributed by atoms with Crippen LogP contribution in [0.4, 0.5) is 0 Å². The normalized spacial score (nSPS) is 10.7. The number of aromatic nitrogens is 1. The zero-order chi connectivity index (χ0) is 14.5. The summed E-state index contributed by atoms with van der Waals surface area (Å²) in [4.78, 5) is 24.4. The first-order chi connectivity index (χ1) is 9.65. The molecule has 1 N–H and O–H groups in total. The number of amides is 1. The molecule has 0 radical (unpaired) electrons. The lowest BCUT2D eigenvalue weighted by atomic mass is 10.1. The molecule has 1 heterocycles. The Labute approximate surface area is 118 Å². The van der Waals surface area contributed by atoms with E-state index >= 15 is 0 Å². The number of unbranched alkanes of at least 4 members (excludes halogenated alkanes) is 2. The molecular formula is C16H20N2O2. The summed E-state index contributed by atoms with van der Waals surface area (Å²) in [6, 6.07) is 7.32. The predicted molar refractivity (Wildman–Crippen MR) is 81.0 cm³/mol. The van der Waals surface area contributed by atoms with Gasteiger partial charge in [-0.1, -0.05) is 31.9 Å². The molecule has 0 saturated heterocycles. The van der Waals surface area contributed by atoms with Crippen molar-refractivity contribution < 1.29 is 4.79 Å². The number of pyridine rings is 1. The van der Waals surface area contributed by atoms with Crippen LogP contribution < -0.4 is 10.7 Å². The van der Waals surface area contributed by atoms with Crippen molar-refractivity contribution in [2.45, 2.75) is 26.2 Å².